The first-order valence-electron chi connectivity index (χ1n) is 4.92. The van der Waals surface area contributed by atoms with Crippen molar-refractivity contribution in [2.45, 2.75) is 15.1 Å². The second-order valence-electron chi connectivity index (χ2n) is 3.19. The van der Waals surface area contributed by atoms with E-state index in [4.69, 9.17) is 5.11 Å². The van der Waals surface area contributed by atoms with E-state index in [0.29, 0.717) is 5.03 Å². The SMILES string of the molecule is CSc1cc(Sc2cc(C(=O)O)ccn2)ncn1. The first-order valence-corrected chi connectivity index (χ1v) is 6.96. The van der Waals surface area contributed by atoms with Crippen LogP contribution in [-0.2, 0) is 0 Å². The second-order valence-corrected chi connectivity index (χ2v) is 5.06. The highest BCUT2D eigenvalue weighted by molar-refractivity contribution is 7.99. The van der Waals surface area contributed by atoms with E-state index in [9.17, 15) is 4.79 Å². The van der Waals surface area contributed by atoms with Crippen molar-refractivity contribution in [3.63, 3.8) is 0 Å². The fraction of sp³-hybridized carbons (Fsp3) is 0.0909. The third-order valence-corrected chi connectivity index (χ3v) is 3.52. The van der Waals surface area contributed by atoms with Crippen molar-refractivity contribution in [1.82, 2.24) is 15.0 Å². The Morgan fingerprint density at radius 3 is 2.61 bits per heavy atom. The zero-order valence-corrected chi connectivity index (χ0v) is 11.0. The smallest absolute Gasteiger partial charge is 0.335 e. The van der Waals surface area contributed by atoms with Crippen LogP contribution in [0.1, 0.15) is 10.4 Å². The maximum atomic E-state index is 10.8. The lowest BCUT2D eigenvalue weighted by Crippen LogP contribution is -1.96. The molecule has 0 fully saturated rings. The van der Waals surface area contributed by atoms with Crippen molar-refractivity contribution in [2.24, 2.45) is 0 Å². The van der Waals surface area contributed by atoms with E-state index in [2.05, 4.69) is 15.0 Å². The largest absolute Gasteiger partial charge is 0.478 e. The molecule has 0 aliphatic carbocycles. The standard InChI is InChI=1S/C11H9N3O2S2/c1-17-8-5-10(14-6-13-8)18-9-4-7(11(15)16)2-3-12-9/h2-6H,1H3,(H,15,16). The monoisotopic (exact) mass is 279 g/mol. The van der Waals surface area contributed by atoms with Crippen LogP contribution in [0.2, 0.25) is 0 Å². The van der Waals surface area contributed by atoms with E-state index in [1.807, 2.05) is 12.3 Å². The Morgan fingerprint density at radius 2 is 1.89 bits per heavy atom. The predicted molar refractivity (Wildman–Crippen MR) is 69.1 cm³/mol. The number of pyridine rings is 1. The van der Waals surface area contributed by atoms with Gasteiger partial charge < -0.3 is 5.11 Å². The summed E-state index contributed by atoms with van der Waals surface area (Å²) >= 11 is 2.83. The summed E-state index contributed by atoms with van der Waals surface area (Å²) in [6.45, 7) is 0. The normalized spacial score (nSPS) is 10.3. The van der Waals surface area contributed by atoms with Gasteiger partial charge in [-0.1, -0.05) is 0 Å². The zero-order chi connectivity index (χ0) is 13.0. The quantitative estimate of drug-likeness (QED) is 0.680. The van der Waals surface area contributed by atoms with Crippen molar-refractivity contribution in [3.8, 4) is 0 Å². The summed E-state index contributed by atoms with van der Waals surface area (Å²) in [5.74, 6) is -0.966. The Balaban J connectivity index is 2.22. The molecule has 2 rings (SSSR count). The van der Waals surface area contributed by atoms with Gasteiger partial charge in [0.2, 0.25) is 0 Å². The molecule has 2 heterocycles. The first-order chi connectivity index (χ1) is 8.69. The van der Waals surface area contributed by atoms with Gasteiger partial charge in [-0.2, -0.15) is 0 Å². The first kappa shape index (κ1) is 12.8. The van der Waals surface area contributed by atoms with Gasteiger partial charge in [0.05, 0.1) is 5.56 Å². The molecule has 0 aromatic carbocycles. The van der Waals surface area contributed by atoms with Crippen molar-refractivity contribution in [1.29, 1.82) is 0 Å². The molecule has 0 aliphatic rings. The Morgan fingerprint density at radius 1 is 1.17 bits per heavy atom. The number of carboxylic acid groups (broad SMARTS) is 1. The number of hydrogen-bond acceptors (Lipinski definition) is 6. The minimum absolute atomic E-state index is 0.214. The summed E-state index contributed by atoms with van der Waals surface area (Å²) in [7, 11) is 0. The lowest BCUT2D eigenvalue weighted by Gasteiger charge is -2.02. The summed E-state index contributed by atoms with van der Waals surface area (Å²) in [6, 6.07) is 4.82. The second kappa shape index (κ2) is 5.83. The number of thioether (sulfide) groups is 1. The van der Waals surface area contributed by atoms with Crippen LogP contribution in [0, 0.1) is 0 Å². The molecule has 0 radical (unpaired) electrons. The molecular formula is C11H9N3O2S2. The average molecular weight is 279 g/mol. The van der Waals surface area contributed by atoms with Crippen LogP contribution in [-0.4, -0.2) is 32.3 Å². The van der Waals surface area contributed by atoms with Crippen molar-refractivity contribution in [2.75, 3.05) is 6.26 Å². The Labute approximate surface area is 112 Å². The highest BCUT2D eigenvalue weighted by Crippen LogP contribution is 2.26. The number of nitrogens with zero attached hydrogens (tertiary/aromatic N) is 3. The van der Waals surface area contributed by atoms with Crippen LogP contribution in [0.4, 0.5) is 0 Å². The fourth-order valence-electron chi connectivity index (χ4n) is 1.20. The van der Waals surface area contributed by atoms with E-state index < -0.39 is 5.97 Å². The molecule has 7 heteroatoms. The molecule has 5 nitrogen and oxygen atoms in total. The van der Waals surface area contributed by atoms with Gasteiger partial charge in [-0.15, -0.1) is 11.8 Å². The summed E-state index contributed by atoms with van der Waals surface area (Å²) < 4.78 is 0. The Hall–Kier alpha value is -1.60. The lowest BCUT2D eigenvalue weighted by atomic mass is 10.3. The summed E-state index contributed by atoms with van der Waals surface area (Å²) in [5.41, 5.74) is 0.214. The van der Waals surface area contributed by atoms with E-state index in [1.165, 1.54) is 48.2 Å². The van der Waals surface area contributed by atoms with Crippen LogP contribution in [0.5, 0.6) is 0 Å². The number of rotatable bonds is 4. The van der Waals surface area contributed by atoms with Crippen LogP contribution < -0.4 is 0 Å². The molecule has 2 aromatic heterocycles. The minimum atomic E-state index is -0.966. The van der Waals surface area contributed by atoms with Crippen molar-refractivity contribution < 1.29 is 9.90 Å². The molecule has 0 bridgehead atoms. The minimum Gasteiger partial charge on any atom is -0.478 e. The molecule has 1 N–H and O–H groups in total. The predicted octanol–water partition coefficient (Wildman–Crippen LogP) is 2.44. The van der Waals surface area contributed by atoms with Crippen LogP contribution >= 0.6 is 23.5 Å². The van der Waals surface area contributed by atoms with Gasteiger partial charge in [-0.05, 0) is 30.2 Å². The number of hydrogen-bond donors (Lipinski definition) is 1. The molecule has 0 atom stereocenters. The van der Waals surface area contributed by atoms with Gasteiger partial charge in [0.1, 0.15) is 21.4 Å². The molecule has 0 unspecified atom stereocenters. The summed E-state index contributed by atoms with van der Waals surface area (Å²) in [4.78, 5) is 23.1. The molecule has 0 aliphatic heterocycles. The van der Waals surface area contributed by atoms with Crippen molar-refractivity contribution in [3.05, 3.63) is 36.3 Å². The maximum absolute atomic E-state index is 10.8. The molecule has 0 amide bonds. The number of aromatic nitrogens is 3. The third-order valence-electron chi connectivity index (χ3n) is 2.02. The summed E-state index contributed by atoms with van der Waals surface area (Å²) in [6.07, 6.45) is 4.89. The van der Waals surface area contributed by atoms with E-state index in [1.54, 1.807) is 0 Å². The maximum Gasteiger partial charge on any atom is 0.335 e. The molecule has 0 saturated heterocycles. The molecule has 0 saturated carbocycles. The van der Waals surface area contributed by atoms with Gasteiger partial charge >= 0.3 is 5.97 Å². The molecule has 0 spiro atoms. The topological polar surface area (TPSA) is 76.0 Å². The number of aromatic carboxylic acids is 1. The average Bonchev–Trinajstić information content (AvgIpc) is 2.39. The molecule has 92 valence electrons. The zero-order valence-electron chi connectivity index (χ0n) is 9.40. The fourth-order valence-corrected chi connectivity index (χ4v) is 2.44. The number of carboxylic acids is 1. The molecular weight excluding hydrogens is 270 g/mol. The lowest BCUT2D eigenvalue weighted by molar-refractivity contribution is 0.0696. The third kappa shape index (κ3) is 3.21. The number of carbonyl (C=O) groups is 1. The van der Waals surface area contributed by atoms with Gasteiger partial charge in [-0.3, -0.25) is 0 Å². The molecule has 18 heavy (non-hydrogen) atoms. The van der Waals surface area contributed by atoms with Crippen LogP contribution in [0.25, 0.3) is 0 Å². The van der Waals surface area contributed by atoms with Gasteiger partial charge in [0.15, 0.2) is 0 Å². The van der Waals surface area contributed by atoms with E-state index in [0.717, 1.165) is 10.1 Å². The highest BCUT2D eigenvalue weighted by atomic mass is 32.2. The summed E-state index contributed by atoms with van der Waals surface area (Å²) in [5, 5.41) is 11.1. The Bertz CT molecular complexity index is 578. The van der Waals surface area contributed by atoms with Gasteiger partial charge in [0, 0.05) is 12.3 Å². The van der Waals surface area contributed by atoms with Gasteiger partial charge in [0.25, 0.3) is 0 Å². The van der Waals surface area contributed by atoms with Crippen LogP contribution in [0.3, 0.4) is 0 Å². The molecule has 2 aromatic rings. The Kier molecular flexibility index (Phi) is 4.16. The highest BCUT2D eigenvalue weighted by Gasteiger charge is 2.06. The van der Waals surface area contributed by atoms with Crippen LogP contribution in [0.15, 0.2) is 45.8 Å². The van der Waals surface area contributed by atoms with Gasteiger partial charge in [-0.25, -0.2) is 19.7 Å². The van der Waals surface area contributed by atoms with E-state index in [-0.39, 0.29) is 5.56 Å². The van der Waals surface area contributed by atoms with Crippen molar-refractivity contribution >= 4 is 29.5 Å². The van der Waals surface area contributed by atoms with E-state index >= 15 is 0 Å².